The van der Waals surface area contributed by atoms with Crippen molar-refractivity contribution in [2.75, 3.05) is 17.3 Å². The summed E-state index contributed by atoms with van der Waals surface area (Å²) < 4.78 is 0. The molecule has 0 spiro atoms. The molecule has 94 valence electrons. The van der Waals surface area contributed by atoms with Gasteiger partial charge in [-0.05, 0) is 25.0 Å². The fraction of sp³-hybridized carbons (Fsp3) is 0.333. The highest BCUT2D eigenvalue weighted by Crippen LogP contribution is 2.39. The number of aliphatic hydroxyl groups excluding tert-OH is 1. The average molecular weight is 245 g/mol. The van der Waals surface area contributed by atoms with Crippen LogP contribution in [0.5, 0.6) is 0 Å². The Bertz CT molecular complexity index is 582. The third kappa shape index (κ3) is 1.85. The molecule has 0 atom stereocenters. The van der Waals surface area contributed by atoms with Crippen molar-refractivity contribution in [2.24, 2.45) is 5.84 Å². The summed E-state index contributed by atoms with van der Waals surface area (Å²) in [5.74, 6) is 6.44. The molecule has 1 heterocycles. The topological polar surface area (TPSA) is 96.1 Å². The number of benzene rings is 1. The highest BCUT2D eigenvalue weighted by Gasteiger charge is 2.42. The summed E-state index contributed by atoms with van der Waals surface area (Å²) in [6.07, 6.45) is 1.90. The normalized spacial score (nSPS) is 16.6. The van der Waals surface area contributed by atoms with Crippen LogP contribution in [0.25, 0.3) is 10.9 Å². The lowest BCUT2D eigenvalue weighted by Gasteiger charge is -2.17. The van der Waals surface area contributed by atoms with E-state index in [0.717, 1.165) is 23.7 Å². The van der Waals surface area contributed by atoms with Crippen molar-refractivity contribution in [1.29, 1.82) is 0 Å². The van der Waals surface area contributed by atoms with Crippen LogP contribution in [-0.2, 0) is 0 Å². The third-order valence-electron chi connectivity index (χ3n) is 3.27. The van der Waals surface area contributed by atoms with Crippen LogP contribution >= 0.6 is 0 Å². The number of hydrogen-bond acceptors (Lipinski definition) is 6. The molecule has 1 saturated carbocycles. The van der Waals surface area contributed by atoms with Gasteiger partial charge < -0.3 is 10.4 Å². The lowest BCUT2D eigenvalue weighted by molar-refractivity contribution is 0.266. The molecular weight excluding hydrogens is 230 g/mol. The van der Waals surface area contributed by atoms with Gasteiger partial charge in [0.15, 0.2) is 0 Å². The SMILES string of the molecule is NNc1nc(NC2(CO)CC2)c2ccccc2n1. The van der Waals surface area contributed by atoms with Crippen LogP contribution in [0.15, 0.2) is 24.3 Å². The van der Waals surface area contributed by atoms with Crippen LogP contribution in [0.2, 0.25) is 0 Å². The number of nitrogens with one attached hydrogen (secondary N) is 2. The minimum atomic E-state index is -0.219. The molecule has 0 radical (unpaired) electrons. The minimum Gasteiger partial charge on any atom is -0.394 e. The van der Waals surface area contributed by atoms with E-state index in [4.69, 9.17) is 5.84 Å². The fourth-order valence-corrected chi connectivity index (χ4v) is 1.96. The first-order valence-corrected chi connectivity index (χ1v) is 5.89. The molecule has 1 fully saturated rings. The summed E-state index contributed by atoms with van der Waals surface area (Å²) in [6.45, 7) is 0.108. The van der Waals surface area contributed by atoms with E-state index >= 15 is 0 Å². The van der Waals surface area contributed by atoms with Gasteiger partial charge in [0.25, 0.3) is 0 Å². The fourth-order valence-electron chi connectivity index (χ4n) is 1.96. The van der Waals surface area contributed by atoms with E-state index in [1.165, 1.54) is 0 Å². The zero-order chi connectivity index (χ0) is 12.6. The maximum Gasteiger partial charge on any atom is 0.239 e. The van der Waals surface area contributed by atoms with Gasteiger partial charge in [-0.25, -0.2) is 10.8 Å². The van der Waals surface area contributed by atoms with Gasteiger partial charge in [0, 0.05) is 5.39 Å². The Morgan fingerprint density at radius 2 is 2.06 bits per heavy atom. The number of aromatic nitrogens is 2. The van der Waals surface area contributed by atoms with Crippen LogP contribution in [0.1, 0.15) is 12.8 Å². The monoisotopic (exact) mass is 245 g/mol. The summed E-state index contributed by atoms with van der Waals surface area (Å²) in [5, 5.41) is 13.6. The van der Waals surface area contributed by atoms with Crippen molar-refractivity contribution in [2.45, 2.75) is 18.4 Å². The van der Waals surface area contributed by atoms with Crippen molar-refractivity contribution in [3.8, 4) is 0 Å². The summed E-state index contributed by atoms with van der Waals surface area (Å²) in [6, 6.07) is 7.70. The van der Waals surface area contributed by atoms with Gasteiger partial charge in [0.05, 0.1) is 17.7 Å². The molecule has 0 amide bonds. The molecular formula is C12H15N5O. The third-order valence-corrected chi connectivity index (χ3v) is 3.27. The molecule has 2 aromatic rings. The number of rotatable bonds is 4. The van der Waals surface area contributed by atoms with Gasteiger partial charge >= 0.3 is 0 Å². The zero-order valence-corrected chi connectivity index (χ0v) is 9.85. The lowest BCUT2D eigenvalue weighted by Crippen LogP contribution is -2.26. The van der Waals surface area contributed by atoms with E-state index < -0.39 is 0 Å². The van der Waals surface area contributed by atoms with Gasteiger partial charge in [0.2, 0.25) is 5.95 Å². The van der Waals surface area contributed by atoms with Gasteiger partial charge in [-0.15, -0.1) is 0 Å². The number of fused-ring (bicyclic) bond motifs is 1. The first kappa shape index (κ1) is 11.2. The van der Waals surface area contributed by atoms with E-state index in [9.17, 15) is 5.11 Å². The van der Waals surface area contributed by atoms with Crippen molar-refractivity contribution in [3.63, 3.8) is 0 Å². The summed E-state index contributed by atoms with van der Waals surface area (Å²) >= 11 is 0. The maximum absolute atomic E-state index is 9.37. The van der Waals surface area contributed by atoms with E-state index in [1.54, 1.807) is 0 Å². The predicted octanol–water partition coefficient (Wildman–Crippen LogP) is 0.852. The molecule has 0 unspecified atom stereocenters. The van der Waals surface area contributed by atoms with Crippen LogP contribution in [0.3, 0.4) is 0 Å². The Hall–Kier alpha value is -1.92. The Kier molecular flexibility index (Phi) is 2.53. The molecule has 1 aliphatic carbocycles. The molecule has 18 heavy (non-hydrogen) atoms. The summed E-state index contributed by atoms with van der Waals surface area (Å²) in [5.41, 5.74) is 3.06. The largest absolute Gasteiger partial charge is 0.394 e. The lowest BCUT2D eigenvalue weighted by atomic mass is 10.2. The molecule has 6 nitrogen and oxygen atoms in total. The molecule has 0 aliphatic heterocycles. The van der Waals surface area contributed by atoms with E-state index in [1.807, 2.05) is 24.3 Å². The number of hydrogen-bond donors (Lipinski definition) is 4. The molecule has 1 aromatic carbocycles. The Morgan fingerprint density at radius 1 is 1.28 bits per heavy atom. The Morgan fingerprint density at radius 3 is 2.72 bits per heavy atom. The highest BCUT2D eigenvalue weighted by molar-refractivity contribution is 5.90. The molecule has 0 saturated heterocycles. The number of anilines is 2. The second kappa shape index (κ2) is 4.08. The van der Waals surface area contributed by atoms with Gasteiger partial charge in [0.1, 0.15) is 5.82 Å². The van der Waals surface area contributed by atoms with Crippen LogP contribution in [0.4, 0.5) is 11.8 Å². The van der Waals surface area contributed by atoms with Crippen LogP contribution in [-0.4, -0.2) is 27.2 Å². The van der Waals surface area contributed by atoms with Crippen LogP contribution in [0, 0.1) is 0 Å². The Labute approximate surface area is 104 Å². The van der Waals surface area contributed by atoms with Gasteiger partial charge in [-0.1, -0.05) is 12.1 Å². The number of hydrazine groups is 1. The van der Waals surface area contributed by atoms with E-state index in [0.29, 0.717) is 11.8 Å². The summed E-state index contributed by atoms with van der Waals surface area (Å²) in [7, 11) is 0. The van der Waals surface area contributed by atoms with Crippen molar-refractivity contribution in [1.82, 2.24) is 9.97 Å². The maximum atomic E-state index is 9.37. The second-order valence-electron chi connectivity index (χ2n) is 4.62. The predicted molar refractivity (Wildman–Crippen MR) is 70.0 cm³/mol. The van der Waals surface area contributed by atoms with E-state index in [2.05, 4.69) is 20.7 Å². The molecule has 3 rings (SSSR count). The molecule has 1 aliphatic rings. The molecule has 6 heteroatoms. The highest BCUT2D eigenvalue weighted by atomic mass is 16.3. The number of para-hydroxylation sites is 1. The second-order valence-corrected chi connectivity index (χ2v) is 4.62. The van der Waals surface area contributed by atoms with Gasteiger partial charge in [-0.3, -0.25) is 5.43 Å². The van der Waals surface area contributed by atoms with Crippen molar-refractivity contribution >= 4 is 22.7 Å². The van der Waals surface area contributed by atoms with Crippen molar-refractivity contribution < 1.29 is 5.11 Å². The first-order valence-electron chi connectivity index (χ1n) is 5.89. The van der Waals surface area contributed by atoms with Crippen molar-refractivity contribution in [3.05, 3.63) is 24.3 Å². The minimum absolute atomic E-state index is 0.108. The molecule has 0 bridgehead atoms. The number of aliphatic hydroxyl groups is 1. The van der Waals surface area contributed by atoms with Crippen LogP contribution < -0.4 is 16.6 Å². The average Bonchev–Trinajstić information content (AvgIpc) is 3.19. The number of nitrogen functional groups attached to an aromatic ring is 1. The molecule has 1 aromatic heterocycles. The quantitative estimate of drug-likeness (QED) is 0.471. The number of nitrogens with zero attached hydrogens (tertiary/aromatic N) is 2. The smallest absolute Gasteiger partial charge is 0.239 e. The first-order chi connectivity index (χ1) is 8.76. The van der Waals surface area contributed by atoms with Gasteiger partial charge in [-0.2, -0.15) is 4.98 Å². The van der Waals surface area contributed by atoms with E-state index in [-0.39, 0.29) is 12.1 Å². The number of nitrogens with two attached hydrogens (primary N) is 1. The molecule has 5 N–H and O–H groups in total. The Balaban J connectivity index is 2.08. The zero-order valence-electron chi connectivity index (χ0n) is 9.85. The summed E-state index contributed by atoms with van der Waals surface area (Å²) in [4.78, 5) is 8.60. The standard InChI is InChI=1S/C12H15N5O/c13-17-11-14-9-4-2-1-3-8(9)10(15-11)16-12(7-18)5-6-12/h1-4,18H,5-7,13H2,(H2,14,15,16,17).